The molecule has 4 nitrogen and oxygen atoms in total. The van der Waals surface area contributed by atoms with E-state index in [9.17, 15) is 0 Å². The number of rotatable bonds is 4. The molecule has 2 atom stereocenters. The van der Waals surface area contributed by atoms with Crippen molar-refractivity contribution < 1.29 is 9.47 Å². The largest absolute Gasteiger partial charge is 0.347 e. The van der Waals surface area contributed by atoms with Crippen molar-refractivity contribution in [3.05, 3.63) is 35.9 Å². The third-order valence-electron chi connectivity index (χ3n) is 6.07. The maximum atomic E-state index is 5.93. The Kier molecular flexibility index (Phi) is 4.90. The standard InChI is InChI=1S/C20H30N2O2/c1-20(23-12-13-24-20)18-8-5-10-22(15-18)19-9-11-21(16-19)14-17-6-3-2-4-7-17/h2-4,6-7,18-19H,5,8-16H2,1H3/t18-,19+/m1/s1. The first kappa shape index (κ1) is 16.5. The molecule has 3 aliphatic heterocycles. The fourth-order valence-corrected chi connectivity index (χ4v) is 4.63. The highest BCUT2D eigenvalue weighted by Gasteiger charge is 2.43. The molecule has 3 heterocycles. The maximum absolute atomic E-state index is 5.93. The molecule has 3 aliphatic rings. The van der Waals surface area contributed by atoms with E-state index in [0.717, 1.165) is 26.3 Å². The quantitative estimate of drug-likeness (QED) is 0.847. The van der Waals surface area contributed by atoms with Crippen LogP contribution in [0.15, 0.2) is 30.3 Å². The van der Waals surface area contributed by atoms with Gasteiger partial charge in [0.05, 0.1) is 13.2 Å². The monoisotopic (exact) mass is 330 g/mol. The molecule has 0 saturated carbocycles. The fraction of sp³-hybridized carbons (Fsp3) is 0.700. The normalized spacial score (nSPS) is 31.5. The second-order valence-corrected chi connectivity index (χ2v) is 7.71. The fourth-order valence-electron chi connectivity index (χ4n) is 4.63. The molecule has 4 heteroatoms. The average Bonchev–Trinajstić information content (AvgIpc) is 3.26. The van der Waals surface area contributed by atoms with Crippen molar-refractivity contribution in [3.63, 3.8) is 0 Å². The number of hydrogen-bond donors (Lipinski definition) is 0. The molecular weight excluding hydrogens is 300 g/mol. The van der Waals surface area contributed by atoms with Gasteiger partial charge < -0.3 is 9.47 Å². The van der Waals surface area contributed by atoms with Gasteiger partial charge in [-0.05, 0) is 38.3 Å². The topological polar surface area (TPSA) is 24.9 Å². The summed E-state index contributed by atoms with van der Waals surface area (Å²) in [5.41, 5.74) is 1.43. The van der Waals surface area contributed by atoms with Gasteiger partial charge in [0.25, 0.3) is 0 Å². The molecule has 0 bridgehead atoms. The molecule has 24 heavy (non-hydrogen) atoms. The summed E-state index contributed by atoms with van der Waals surface area (Å²) in [7, 11) is 0. The molecule has 3 saturated heterocycles. The number of hydrogen-bond acceptors (Lipinski definition) is 4. The Balaban J connectivity index is 1.33. The van der Waals surface area contributed by atoms with Crippen LogP contribution in [0.25, 0.3) is 0 Å². The molecule has 1 aromatic carbocycles. The maximum Gasteiger partial charge on any atom is 0.169 e. The summed E-state index contributed by atoms with van der Waals surface area (Å²) in [5, 5.41) is 0. The number of nitrogens with zero attached hydrogens (tertiary/aromatic N) is 2. The predicted octanol–water partition coefficient (Wildman–Crippen LogP) is 2.74. The SMILES string of the molecule is CC1([C@@H]2CCCN([C@H]3CCN(Cc4ccccc4)C3)C2)OCCO1. The van der Waals surface area contributed by atoms with Crippen molar-refractivity contribution in [3.8, 4) is 0 Å². The van der Waals surface area contributed by atoms with Crippen molar-refractivity contribution in [1.29, 1.82) is 0 Å². The van der Waals surface area contributed by atoms with Crippen molar-refractivity contribution in [2.75, 3.05) is 39.4 Å². The summed E-state index contributed by atoms with van der Waals surface area (Å²) in [5.74, 6) is 0.165. The molecule has 132 valence electrons. The summed E-state index contributed by atoms with van der Waals surface area (Å²) in [4.78, 5) is 5.31. The van der Waals surface area contributed by atoms with Crippen molar-refractivity contribution in [1.82, 2.24) is 9.80 Å². The molecule has 3 fully saturated rings. The summed E-state index contributed by atoms with van der Waals surface area (Å²) in [6.07, 6.45) is 3.79. The summed E-state index contributed by atoms with van der Waals surface area (Å²) < 4.78 is 11.9. The van der Waals surface area contributed by atoms with Gasteiger partial charge in [0.1, 0.15) is 0 Å². The zero-order chi connectivity index (χ0) is 16.4. The molecule has 0 spiro atoms. The lowest BCUT2D eigenvalue weighted by Crippen LogP contribution is -2.50. The van der Waals surface area contributed by atoms with E-state index in [1.807, 2.05) is 0 Å². The first-order valence-corrected chi connectivity index (χ1v) is 9.51. The Morgan fingerprint density at radius 1 is 1.04 bits per heavy atom. The highest BCUT2D eigenvalue weighted by Crippen LogP contribution is 2.35. The van der Waals surface area contributed by atoms with Gasteiger partial charge in [-0.1, -0.05) is 30.3 Å². The smallest absolute Gasteiger partial charge is 0.169 e. The molecule has 0 amide bonds. The van der Waals surface area contributed by atoms with Crippen molar-refractivity contribution in [2.45, 2.75) is 44.6 Å². The van der Waals surface area contributed by atoms with Crippen LogP contribution >= 0.6 is 0 Å². The summed E-state index contributed by atoms with van der Waals surface area (Å²) in [6.45, 7) is 9.49. The van der Waals surface area contributed by atoms with E-state index >= 15 is 0 Å². The Morgan fingerprint density at radius 3 is 2.62 bits per heavy atom. The molecule has 0 N–H and O–H groups in total. The molecule has 0 radical (unpaired) electrons. The molecule has 4 rings (SSSR count). The van der Waals surface area contributed by atoms with Crippen LogP contribution in [0.1, 0.15) is 31.7 Å². The number of benzene rings is 1. The second-order valence-electron chi connectivity index (χ2n) is 7.71. The Hall–Kier alpha value is -0.940. The van der Waals surface area contributed by atoms with Crippen LogP contribution in [-0.4, -0.2) is 61.0 Å². The first-order chi connectivity index (χ1) is 11.7. The minimum absolute atomic E-state index is 0.346. The summed E-state index contributed by atoms with van der Waals surface area (Å²) >= 11 is 0. The molecule has 1 aromatic rings. The van der Waals surface area contributed by atoms with Crippen LogP contribution in [0.2, 0.25) is 0 Å². The Morgan fingerprint density at radius 2 is 1.83 bits per heavy atom. The minimum atomic E-state index is -0.346. The van der Waals surface area contributed by atoms with Gasteiger partial charge >= 0.3 is 0 Å². The Bertz CT molecular complexity index is 530. The van der Waals surface area contributed by atoms with Gasteiger partial charge in [-0.2, -0.15) is 0 Å². The van der Waals surface area contributed by atoms with E-state index in [0.29, 0.717) is 12.0 Å². The van der Waals surface area contributed by atoms with Crippen molar-refractivity contribution >= 4 is 0 Å². The number of likely N-dealkylation sites (tertiary alicyclic amines) is 2. The second kappa shape index (κ2) is 7.12. The van der Waals surface area contributed by atoms with Gasteiger partial charge in [-0.15, -0.1) is 0 Å². The third kappa shape index (κ3) is 3.52. The predicted molar refractivity (Wildman–Crippen MR) is 94.7 cm³/mol. The lowest BCUT2D eigenvalue weighted by atomic mass is 9.89. The first-order valence-electron chi connectivity index (χ1n) is 9.51. The van der Waals surface area contributed by atoms with E-state index in [1.54, 1.807) is 0 Å². The number of ether oxygens (including phenoxy) is 2. The van der Waals surface area contributed by atoms with Crippen LogP contribution in [0.5, 0.6) is 0 Å². The third-order valence-corrected chi connectivity index (χ3v) is 6.07. The van der Waals surface area contributed by atoms with Gasteiger partial charge in [-0.3, -0.25) is 9.80 Å². The molecule has 0 aliphatic carbocycles. The Labute approximate surface area is 145 Å². The summed E-state index contributed by atoms with van der Waals surface area (Å²) in [6, 6.07) is 11.5. The van der Waals surface area contributed by atoms with Crippen LogP contribution in [0.3, 0.4) is 0 Å². The van der Waals surface area contributed by atoms with E-state index in [4.69, 9.17) is 9.47 Å². The number of piperidine rings is 1. The van der Waals surface area contributed by atoms with E-state index < -0.39 is 0 Å². The zero-order valence-corrected chi connectivity index (χ0v) is 14.8. The highest BCUT2D eigenvalue weighted by molar-refractivity contribution is 5.14. The van der Waals surface area contributed by atoms with Gasteiger partial charge in [0.2, 0.25) is 0 Å². The van der Waals surface area contributed by atoms with E-state index in [1.165, 1.54) is 44.5 Å². The van der Waals surface area contributed by atoms with E-state index in [2.05, 4.69) is 47.1 Å². The van der Waals surface area contributed by atoms with Crippen LogP contribution in [-0.2, 0) is 16.0 Å². The van der Waals surface area contributed by atoms with Gasteiger partial charge in [0.15, 0.2) is 5.79 Å². The highest BCUT2D eigenvalue weighted by atomic mass is 16.7. The minimum Gasteiger partial charge on any atom is -0.347 e. The molecule has 0 aromatic heterocycles. The lowest BCUT2D eigenvalue weighted by Gasteiger charge is -2.42. The molecular formula is C20H30N2O2. The van der Waals surface area contributed by atoms with Crippen LogP contribution < -0.4 is 0 Å². The van der Waals surface area contributed by atoms with E-state index in [-0.39, 0.29) is 5.79 Å². The van der Waals surface area contributed by atoms with Crippen molar-refractivity contribution in [2.24, 2.45) is 5.92 Å². The average molecular weight is 330 g/mol. The van der Waals surface area contributed by atoms with Crippen LogP contribution in [0, 0.1) is 5.92 Å². The molecule has 0 unspecified atom stereocenters. The lowest BCUT2D eigenvalue weighted by molar-refractivity contribution is -0.193. The van der Waals surface area contributed by atoms with Gasteiger partial charge in [-0.25, -0.2) is 0 Å². The zero-order valence-electron chi connectivity index (χ0n) is 14.8. The van der Waals surface area contributed by atoms with Crippen LogP contribution in [0.4, 0.5) is 0 Å². The van der Waals surface area contributed by atoms with Gasteiger partial charge in [0, 0.05) is 38.1 Å².